The minimum Gasteiger partial charge on any atom is -0.314 e. The molecular formula is C12H23N5O2S. The molecule has 2 rings (SSSR count). The zero-order valence-electron chi connectivity index (χ0n) is 12.1. The molecule has 2 N–H and O–H groups in total. The SMILES string of the molecule is Cc1cc(C)n(CCCNS(=O)(=O)N2CCNCC2)n1. The molecule has 1 aliphatic rings. The van der Waals surface area contributed by atoms with E-state index < -0.39 is 10.2 Å². The highest BCUT2D eigenvalue weighted by Gasteiger charge is 2.22. The number of aryl methyl sites for hydroxylation is 3. The number of rotatable bonds is 6. The first-order chi connectivity index (χ1) is 9.49. The van der Waals surface area contributed by atoms with E-state index >= 15 is 0 Å². The smallest absolute Gasteiger partial charge is 0.279 e. The average Bonchev–Trinajstić information content (AvgIpc) is 2.74. The molecule has 0 saturated carbocycles. The van der Waals surface area contributed by atoms with Crippen molar-refractivity contribution in [3.63, 3.8) is 0 Å². The number of piperazine rings is 1. The van der Waals surface area contributed by atoms with Gasteiger partial charge in [0.1, 0.15) is 0 Å². The van der Waals surface area contributed by atoms with Gasteiger partial charge in [-0.05, 0) is 26.3 Å². The van der Waals surface area contributed by atoms with Crippen LogP contribution in [0.15, 0.2) is 6.07 Å². The van der Waals surface area contributed by atoms with Crippen molar-refractivity contribution in [2.24, 2.45) is 0 Å². The molecule has 114 valence electrons. The summed E-state index contributed by atoms with van der Waals surface area (Å²) in [6.45, 7) is 7.62. The van der Waals surface area contributed by atoms with Gasteiger partial charge in [-0.1, -0.05) is 0 Å². The second-order valence-electron chi connectivity index (χ2n) is 5.05. The van der Waals surface area contributed by atoms with E-state index in [2.05, 4.69) is 15.1 Å². The van der Waals surface area contributed by atoms with Gasteiger partial charge < -0.3 is 5.32 Å². The van der Waals surface area contributed by atoms with Gasteiger partial charge in [-0.3, -0.25) is 4.68 Å². The normalized spacial score (nSPS) is 17.5. The van der Waals surface area contributed by atoms with Crippen molar-refractivity contribution < 1.29 is 8.42 Å². The minimum atomic E-state index is -3.33. The van der Waals surface area contributed by atoms with Crippen LogP contribution in [0.25, 0.3) is 0 Å². The third kappa shape index (κ3) is 4.02. The standard InChI is InChI=1S/C12H23N5O2S/c1-11-10-12(2)17(15-11)7-3-4-14-20(18,19)16-8-5-13-6-9-16/h10,13-14H,3-9H2,1-2H3. The Bertz CT molecular complexity index is 534. The van der Waals surface area contributed by atoms with Crippen LogP contribution in [0, 0.1) is 13.8 Å². The lowest BCUT2D eigenvalue weighted by Crippen LogP contribution is -2.50. The van der Waals surface area contributed by atoms with Crippen LogP contribution in [0.4, 0.5) is 0 Å². The first-order valence-electron chi connectivity index (χ1n) is 6.95. The molecule has 8 heteroatoms. The van der Waals surface area contributed by atoms with E-state index in [0.717, 1.165) is 24.4 Å². The van der Waals surface area contributed by atoms with E-state index in [0.29, 0.717) is 32.7 Å². The van der Waals surface area contributed by atoms with Crippen LogP contribution in [0.1, 0.15) is 17.8 Å². The lowest BCUT2D eigenvalue weighted by molar-refractivity contribution is 0.354. The summed E-state index contributed by atoms with van der Waals surface area (Å²) in [6.07, 6.45) is 0.729. The molecule has 1 aliphatic heterocycles. The zero-order chi connectivity index (χ0) is 14.6. The molecule has 2 heterocycles. The predicted octanol–water partition coefficient (Wildman–Crippen LogP) is -0.370. The van der Waals surface area contributed by atoms with E-state index in [1.165, 1.54) is 4.31 Å². The fourth-order valence-electron chi connectivity index (χ4n) is 2.31. The van der Waals surface area contributed by atoms with Crippen molar-refractivity contribution >= 4 is 10.2 Å². The van der Waals surface area contributed by atoms with Crippen molar-refractivity contribution in [2.75, 3.05) is 32.7 Å². The second-order valence-corrected chi connectivity index (χ2v) is 6.81. The van der Waals surface area contributed by atoms with Crippen LogP contribution in [-0.2, 0) is 16.8 Å². The summed E-state index contributed by atoms with van der Waals surface area (Å²) < 4.78 is 30.1. The third-order valence-corrected chi connectivity index (χ3v) is 4.96. The third-order valence-electron chi connectivity index (χ3n) is 3.35. The van der Waals surface area contributed by atoms with Crippen LogP contribution < -0.4 is 10.0 Å². The second kappa shape index (κ2) is 6.66. The predicted molar refractivity (Wildman–Crippen MR) is 77.7 cm³/mol. The summed E-state index contributed by atoms with van der Waals surface area (Å²) >= 11 is 0. The van der Waals surface area contributed by atoms with Crippen molar-refractivity contribution in [2.45, 2.75) is 26.8 Å². The molecule has 0 bridgehead atoms. The molecule has 7 nitrogen and oxygen atoms in total. The minimum absolute atomic E-state index is 0.435. The molecule has 0 amide bonds. The Hall–Kier alpha value is -0.960. The Morgan fingerprint density at radius 1 is 1.35 bits per heavy atom. The Kier molecular flexibility index (Phi) is 5.14. The number of aromatic nitrogens is 2. The summed E-state index contributed by atoms with van der Waals surface area (Å²) in [7, 11) is -3.33. The molecule has 1 saturated heterocycles. The lowest BCUT2D eigenvalue weighted by atomic mass is 10.4. The maximum Gasteiger partial charge on any atom is 0.279 e. The first-order valence-corrected chi connectivity index (χ1v) is 8.39. The summed E-state index contributed by atoms with van der Waals surface area (Å²) in [6, 6.07) is 2.02. The lowest BCUT2D eigenvalue weighted by Gasteiger charge is -2.26. The van der Waals surface area contributed by atoms with Gasteiger partial charge in [-0.15, -0.1) is 0 Å². The van der Waals surface area contributed by atoms with E-state index in [1.807, 2.05) is 24.6 Å². The molecule has 1 fully saturated rings. The van der Waals surface area contributed by atoms with Gasteiger partial charge in [-0.25, -0.2) is 4.72 Å². The molecule has 1 aromatic rings. The molecule has 0 aliphatic carbocycles. The van der Waals surface area contributed by atoms with Crippen molar-refractivity contribution in [1.82, 2.24) is 24.1 Å². The number of hydrogen-bond acceptors (Lipinski definition) is 4. The van der Waals surface area contributed by atoms with E-state index in [-0.39, 0.29) is 0 Å². The monoisotopic (exact) mass is 301 g/mol. The van der Waals surface area contributed by atoms with Gasteiger partial charge in [0.25, 0.3) is 10.2 Å². The van der Waals surface area contributed by atoms with Crippen LogP contribution in [0.2, 0.25) is 0 Å². The van der Waals surface area contributed by atoms with E-state index in [4.69, 9.17) is 0 Å². The van der Waals surface area contributed by atoms with E-state index in [1.54, 1.807) is 0 Å². The molecule has 20 heavy (non-hydrogen) atoms. The largest absolute Gasteiger partial charge is 0.314 e. The van der Waals surface area contributed by atoms with Gasteiger partial charge in [0, 0.05) is 45.0 Å². The Morgan fingerprint density at radius 3 is 2.65 bits per heavy atom. The summed E-state index contributed by atoms with van der Waals surface area (Å²) in [4.78, 5) is 0. The maximum absolute atomic E-state index is 12.0. The fraction of sp³-hybridized carbons (Fsp3) is 0.750. The highest BCUT2D eigenvalue weighted by atomic mass is 32.2. The average molecular weight is 301 g/mol. The quantitative estimate of drug-likeness (QED) is 0.703. The summed E-state index contributed by atoms with van der Waals surface area (Å²) in [5.41, 5.74) is 2.09. The van der Waals surface area contributed by atoms with Crippen molar-refractivity contribution in [1.29, 1.82) is 0 Å². The topological polar surface area (TPSA) is 79.3 Å². The number of nitrogens with zero attached hydrogens (tertiary/aromatic N) is 3. The molecule has 1 aromatic heterocycles. The van der Waals surface area contributed by atoms with Crippen LogP contribution >= 0.6 is 0 Å². The van der Waals surface area contributed by atoms with Crippen LogP contribution in [0.5, 0.6) is 0 Å². The van der Waals surface area contributed by atoms with Crippen LogP contribution in [-0.4, -0.2) is 55.2 Å². The Labute approximate surface area is 120 Å². The molecule has 0 spiro atoms. The molecule has 0 aromatic carbocycles. The Balaban J connectivity index is 1.76. The summed E-state index contributed by atoms with van der Waals surface area (Å²) in [5, 5.41) is 7.49. The fourth-order valence-corrected chi connectivity index (χ4v) is 3.56. The van der Waals surface area contributed by atoms with Crippen molar-refractivity contribution in [3.8, 4) is 0 Å². The van der Waals surface area contributed by atoms with Gasteiger partial charge in [0.2, 0.25) is 0 Å². The first kappa shape index (κ1) is 15.4. The highest BCUT2D eigenvalue weighted by Crippen LogP contribution is 2.03. The van der Waals surface area contributed by atoms with E-state index in [9.17, 15) is 8.42 Å². The zero-order valence-corrected chi connectivity index (χ0v) is 12.9. The van der Waals surface area contributed by atoms with Crippen molar-refractivity contribution in [3.05, 3.63) is 17.5 Å². The van der Waals surface area contributed by atoms with Crippen LogP contribution in [0.3, 0.4) is 0 Å². The van der Waals surface area contributed by atoms with Gasteiger partial charge in [-0.2, -0.15) is 17.8 Å². The van der Waals surface area contributed by atoms with Gasteiger partial charge in [0.05, 0.1) is 5.69 Å². The molecular weight excluding hydrogens is 278 g/mol. The molecule has 0 unspecified atom stereocenters. The molecule has 0 radical (unpaired) electrons. The van der Waals surface area contributed by atoms with Gasteiger partial charge in [0.15, 0.2) is 0 Å². The Morgan fingerprint density at radius 2 is 2.05 bits per heavy atom. The summed E-state index contributed by atoms with van der Waals surface area (Å²) in [5.74, 6) is 0. The van der Waals surface area contributed by atoms with Gasteiger partial charge >= 0.3 is 0 Å². The number of nitrogens with one attached hydrogen (secondary N) is 2. The number of hydrogen-bond donors (Lipinski definition) is 2. The highest BCUT2D eigenvalue weighted by molar-refractivity contribution is 7.87. The maximum atomic E-state index is 12.0. The molecule has 0 atom stereocenters.